The molecule has 0 bridgehead atoms. The molecule has 2 aliphatic carbocycles. The van der Waals surface area contributed by atoms with E-state index in [1.54, 1.807) is 16.8 Å². The Morgan fingerprint density at radius 2 is 1.93 bits per heavy atom. The minimum absolute atomic E-state index is 0.0982. The molecule has 2 aromatic carbocycles. The van der Waals surface area contributed by atoms with E-state index in [-0.39, 0.29) is 23.8 Å². The number of nitrogens with zero attached hydrogens (tertiary/aromatic N) is 3. The van der Waals surface area contributed by atoms with Crippen molar-refractivity contribution in [3.63, 3.8) is 0 Å². The van der Waals surface area contributed by atoms with Crippen LogP contribution in [0.2, 0.25) is 0 Å². The summed E-state index contributed by atoms with van der Waals surface area (Å²) < 4.78 is 55.4. The second kappa shape index (κ2) is 11.4. The minimum Gasteiger partial charge on any atom is -0.476 e. The Kier molecular flexibility index (Phi) is 7.78. The fraction of sp³-hybridized carbons (Fsp3) is 0.323. The number of carboxylic acid groups (broad SMARTS) is 1. The summed E-state index contributed by atoms with van der Waals surface area (Å²) in [7, 11) is -4.24. The second-order valence-electron chi connectivity index (χ2n) is 11.3. The molecular formula is C31H30F2N4O4S2. The van der Waals surface area contributed by atoms with Gasteiger partial charge in [0.1, 0.15) is 16.5 Å². The van der Waals surface area contributed by atoms with Crippen molar-refractivity contribution in [2.75, 3.05) is 0 Å². The average molecular weight is 625 g/mol. The molecule has 2 heterocycles. The lowest BCUT2D eigenvalue weighted by Crippen LogP contribution is -2.14. The quantitative estimate of drug-likeness (QED) is 0.223. The van der Waals surface area contributed by atoms with Gasteiger partial charge in [0.25, 0.3) is 0 Å². The van der Waals surface area contributed by atoms with E-state index in [0.717, 1.165) is 72.4 Å². The maximum Gasteiger partial charge on any atom is 0.355 e. The van der Waals surface area contributed by atoms with Gasteiger partial charge in [-0.25, -0.2) is 36.8 Å². The van der Waals surface area contributed by atoms with Gasteiger partial charge in [-0.2, -0.15) is 5.10 Å². The molecule has 0 spiro atoms. The molecule has 6 rings (SSSR count). The number of hydrogen-bond acceptors (Lipinski definition) is 6. The van der Waals surface area contributed by atoms with E-state index in [4.69, 9.17) is 10.2 Å². The topological polar surface area (TPSA) is 128 Å². The van der Waals surface area contributed by atoms with E-state index in [0.29, 0.717) is 39.9 Å². The summed E-state index contributed by atoms with van der Waals surface area (Å²) >= 11 is 1.15. The van der Waals surface area contributed by atoms with E-state index in [9.17, 15) is 22.7 Å². The molecular weight excluding hydrogens is 594 g/mol. The number of aromatic carboxylic acids is 1. The highest BCUT2D eigenvalue weighted by molar-refractivity contribution is 7.89. The van der Waals surface area contributed by atoms with E-state index in [1.165, 1.54) is 17.5 Å². The van der Waals surface area contributed by atoms with Crippen molar-refractivity contribution >= 4 is 32.9 Å². The number of primary sulfonamides is 1. The highest BCUT2D eigenvalue weighted by atomic mass is 32.2. The molecule has 0 saturated heterocycles. The summed E-state index contributed by atoms with van der Waals surface area (Å²) in [6, 6.07) is 8.72. The molecule has 0 aliphatic heterocycles. The Labute approximate surface area is 252 Å². The van der Waals surface area contributed by atoms with Crippen LogP contribution in [0.25, 0.3) is 22.0 Å². The number of benzene rings is 2. The number of hydrogen-bond donors (Lipinski definition) is 2. The van der Waals surface area contributed by atoms with Crippen molar-refractivity contribution in [2.24, 2.45) is 17.0 Å². The standard InChI is InChI=1S/C31H30F2N4O4S2/c1-17-4-2-3-5-21(17)22-15-20(9-10-24(22)32)29-23(12-19-8-11-28(25(33)13-19)43(34,40)41)27(14-18-6-7-18)37(36-29)31-35-26(16-42-31)30(38)39/h5,8-11,13,15-18H,2-4,6-7,12,14H2,1H3,(H,38,39)(H2,34,40,41). The second-order valence-corrected chi connectivity index (χ2v) is 13.7. The molecule has 4 aromatic rings. The predicted octanol–water partition coefficient (Wildman–Crippen LogP) is 6.37. The molecule has 1 saturated carbocycles. The average Bonchev–Trinajstić information content (AvgIpc) is 3.51. The summed E-state index contributed by atoms with van der Waals surface area (Å²) in [5.41, 5.74) is 4.64. The van der Waals surface area contributed by atoms with Crippen molar-refractivity contribution in [3.05, 3.63) is 87.6 Å². The highest BCUT2D eigenvalue weighted by Crippen LogP contribution is 2.40. The van der Waals surface area contributed by atoms with E-state index < -0.39 is 26.7 Å². The first-order chi connectivity index (χ1) is 20.5. The number of halogens is 2. The van der Waals surface area contributed by atoms with Crippen LogP contribution in [-0.4, -0.2) is 34.3 Å². The number of carbonyl (C=O) groups is 1. The Hall–Kier alpha value is -3.74. The first-order valence-electron chi connectivity index (χ1n) is 14.1. The third-order valence-electron chi connectivity index (χ3n) is 8.13. The first-order valence-corrected chi connectivity index (χ1v) is 16.5. The Morgan fingerprint density at radius 3 is 2.58 bits per heavy atom. The van der Waals surface area contributed by atoms with Crippen LogP contribution >= 0.6 is 11.3 Å². The largest absolute Gasteiger partial charge is 0.476 e. The van der Waals surface area contributed by atoms with Crippen molar-refractivity contribution in [1.82, 2.24) is 14.8 Å². The van der Waals surface area contributed by atoms with Crippen molar-refractivity contribution in [1.29, 1.82) is 0 Å². The van der Waals surface area contributed by atoms with Gasteiger partial charge in [-0.05, 0) is 91.8 Å². The third kappa shape index (κ3) is 6.04. The number of nitrogens with two attached hydrogens (primary N) is 1. The van der Waals surface area contributed by atoms with Gasteiger partial charge in [-0.1, -0.05) is 19.1 Å². The molecule has 12 heteroatoms. The van der Waals surface area contributed by atoms with Crippen LogP contribution in [0.4, 0.5) is 8.78 Å². The predicted molar refractivity (Wildman–Crippen MR) is 160 cm³/mol. The monoisotopic (exact) mass is 624 g/mol. The van der Waals surface area contributed by atoms with Crippen LogP contribution < -0.4 is 5.14 Å². The lowest BCUT2D eigenvalue weighted by atomic mass is 9.84. The summed E-state index contributed by atoms with van der Waals surface area (Å²) in [5, 5.41) is 21.4. The molecule has 224 valence electrons. The van der Waals surface area contributed by atoms with Gasteiger partial charge in [-0.15, -0.1) is 11.3 Å². The highest BCUT2D eigenvalue weighted by Gasteiger charge is 2.30. The molecule has 1 atom stereocenters. The van der Waals surface area contributed by atoms with Gasteiger partial charge < -0.3 is 5.11 Å². The molecule has 0 amide bonds. The third-order valence-corrected chi connectivity index (χ3v) is 9.89. The minimum atomic E-state index is -4.24. The summed E-state index contributed by atoms with van der Waals surface area (Å²) in [4.78, 5) is 15.3. The van der Waals surface area contributed by atoms with Gasteiger partial charge in [0.05, 0.1) is 11.4 Å². The number of rotatable bonds is 9. The lowest BCUT2D eigenvalue weighted by Gasteiger charge is -2.21. The molecule has 8 nitrogen and oxygen atoms in total. The van der Waals surface area contributed by atoms with Crippen LogP contribution in [0, 0.1) is 23.5 Å². The number of aromatic nitrogens is 3. The zero-order valence-corrected chi connectivity index (χ0v) is 25.0. The van der Waals surface area contributed by atoms with Crippen LogP contribution in [0.15, 0.2) is 52.7 Å². The lowest BCUT2D eigenvalue weighted by molar-refractivity contribution is 0.0691. The van der Waals surface area contributed by atoms with Gasteiger partial charge in [0.2, 0.25) is 15.2 Å². The van der Waals surface area contributed by atoms with E-state index >= 15 is 4.39 Å². The fourth-order valence-electron chi connectivity index (χ4n) is 5.72. The van der Waals surface area contributed by atoms with Crippen molar-refractivity contribution < 1.29 is 27.1 Å². The Balaban J connectivity index is 1.53. The molecule has 2 aromatic heterocycles. The Bertz CT molecular complexity index is 1880. The smallest absolute Gasteiger partial charge is 0.355 e. The molecule has 2 aliphatic rings. The van der Waals surface area contributed by atoms with Crippen molar-refractivity contribution in [2.45, 2.75) is 56.8 Å². The maximum absolute atomic E-state index is 15.2. The van der Waals surface area contributed by atoms with Crippen LogP contribution in [0.3, 0.4) is 0 Å². The molecule has 1 fully saturated rings. The van der Waals surface area contributed by atoms with Gasteiger partial charge >= 0.3 is 5.97 Å². The zero-order valence-electron chi connectivity index (χ0n) is 23.4. The maximum atomic E-state index is 15.2. The van der Waals surface area contributed by atoms with Gasteiger partial charge in [-0.3, -0.25) is 0 Å². The number of allylic oxidation sites excluding steroid dienone is 2. The van der Waals surface area contributed by atoms with Crippen LogP contribution in [0.1, 0.15) is 71.9 Å². The number of carboxylic acids is 1. The van der Waals surface area contributed by atoms with Crippen LogP contribution in [0.5, 0.6) is 0 Å². The number of sulfonamides is 1. The van der Waals surface area contributed by atoms with Gasteiger partial charge in [0.15, 0.2) is 5.69 Å². The first kappa shape index (κ1) is 29.3. The molecule has 1 unspecified atom stereocenters. The number of thiazole rings is 1. The molecule has 0 radical (unpaired) electrons. The normalized spacial score (nSPS) is 17.2. The van der Waals surface area contributed by atoms with Gasteiger partial charge in [0, 0.05) is 28.5 Å². The molecule has 43 heavy (non-hydrogen) atoms. The van der Waals surface area contributed by atoms with E-state index in [2.05, 4.69) is 18.0 Å². The summed E-state index contributed by atoms with van der Waals surface area (Å²) in [6.07, 6.45) is 7.89. The Morgan fingerprint density at radius 1 is 1.14 bits per heavy atom. The fourth-order valence-corrected chi connectivity index (χ4v) is 7.08. The molecule has 3 N–H and O–H groups in total. The van der Waals surface area contributed by atoms with E-state index in [1.807, 2.05) is 0 Å². The summed E-state index contributed by atoms with van der Waals surface area (Å²) in [5.74, 6) is -1.83. The van der Waals surface area contributed by atoms with Crippen LogP contribution in [-0.2, 0) is 22.9 Å². The SMILES string of the molecule is CC1CCCC=C1c1cc(-c2nn(-c3nc(C(=O)O)cs3)c(CC3CC3)c2Cc2ccc(S(N)(=O)=O)c(F)c2)ccc1F. The van der Waals surface area contributed by atoms with Crippen molar-refractivity contribution in [3.8, 4) is 16.4 Å². The summed E-state index contributed by atoms with van der Waals surface area (Å²) in [6.45, 7) is 2.09. The zero-order chi connectivity index (χ0) is 30.5.